The molecule has 3 aromatic carbocycles. The van der Waals surface area contributed by atoms with Gasteiger partial charge in [-0.1, -0.05) is 72.8 Å². The topological polar surface area (TPSA) is 291 Å². The molecule has 9 N–H and O–H groups in total. The van der Waals surface area contributed by atoms with Crippen LogP contribution in [0.4, 0.5) is 0 Å². The molecule has 0 bridgehead atoms. The number of carboxylic acid groups (broad SMARTS) is 1. The highest BCUT2D eigenvalue weighted by atomic mass is 16.5. The average molecular weight is 980 g/mol. The number of rotatable bonds is 37. The Bertz CT molecular complexity index is 1990. The molecule has 3 aromatic rings. The lowest BCUT2D eigenvalue weighted by Crippen LogP contribution is -2.44. The number of hydrogen-bond acceptors (Lipinski definition) is 20. The van der Waals surface area contributed by atoms with Crippen LogP contribution in [0.15, 0.2) is 72.8 Å². The van der Waals surface area contributed by atoms with E-state index >= 15 is 0 Å². The third-order valence-electron chi connectivity index (χ3n) is 11.1. The number of hydrogen-bond donors (Lipinski definition) is 8. The molecule has 3 rings (SSSR count). The van der Waals surface area contributed by atoms with E-state index in [9.17, 15) is 49.2 Å². The van der Waals surface area contributed by atoms with Crippen molar-refractivity contribution in [2.75, 3.05) is 107 Å². The molecule has 21 nitrogen and oxygen atoms in total. The molecule has 0 spiro atoms. The lowest BCUT2D eigenvalue weighted by molar-refractivity contribution is -0.139. The first-order valence-electron chi connectivity index (χ1n) is 23.1. The van der Waals surface area contributed by atoms with Gasteiger partial charge in [0.2, 0.25) is 0 Å². The number of carbonyl (C=O) groups excluding carboxylic acids is 4. The van der Waals surface area contributed by atoms with E-state index in [-0.39, 0.29) is 96.6 Å². The van der Waals surface area contributed by atoms with Crippen LogP contribution in [0.2, 0.25) is 0 Å². The molecule has 0 heterocycles. The molecule has 0 radical (unpaired) electrons. The molecule has 0 aromatic heterocycles. The molecular formula is C46H72B3N7O14. The van der Waals surface area contributed by atoms with Crippen LogP contribution in [0.1, 0.15) is 42.4 Å². The maximum absolute atomic E-state index is 12.9. The van der Waals surface area contributed by atoms with Crippen molar-refractivity contribution in [3.05, 3.63) is 89.5 Å². The Balaban J connectivity index is 0.000000948. The fraction of sp³-hybridized carbons (Fsp3) is 0.500. The van der Waals surface area contributed by atoms with Gasteiger partial charge < -0.3 is 65.2 Å². The summed E-state index contributed by atoms with van der Waals surface area (Å²) < 4.78 is 9.90. The van der Waals surface area contributed by atoms with Crippen molar-refractivity contribution in [3.63, 3.8) is 0 Å². The predicted molar refractivity (Wildman–Crippen MR) is 267 cm³/mol. The molecule has 0 saturated heterocycles. The van der Waals surface area contributed by atoms with Gasteiger partial charge in [-0.05, 0) is 80.2 Å². The Morgan fingerprint density at radius 1 is 0.514 bits per heavy atom. The summed E-state index contributed by atoms with van der Waals surface area (Å²) in [5.74, 6) is -1.34. The van der Waals surface area contributed by atoms with Gasteiger partial charge in [-0.25, -0.2) is 0 Å². The highest BCUT2D eigenvalue weighted by Gasteiger charge is 2.21. The summed E-state index contributed by atoms with van der Waals surface area (Å²) in [5, 5.41) is 66.3. The Hall–Kier alpha value is -4.92. The lowest BCUT2D eigenvalue weighted by Gasteiger charge is -2.28. The Kier molecular flexibility index (Phi) is 30.8. The first-order chi connectivity index (χ1) is 33.5. The van der Waals surface area contributed by atoms with Gasteiger partial charge in [0.25, 0.3) is 12.9 Å². The van der Waals surface area contributed by atoms with Crippen molar-refractivity contribution in [2.45, 2.75) is 45.3 Å². The van der Waals surface area contributed by atoms with E-state index in [2.05, 4.69) is 0 Å². The summed E-state index contributed by atoms with van der Waals surface area (Å²) in [6, 6.07) is 21.3. The minimum absolute atomic E-state index is 0.00972. The maximum atomic E-state index is 12.9. The fourth-order valence-corrected chi connectivity index (χ4v) is 7.54. The number of ketones is 2. The summed E-state index contributed by atoms with van der Waals surface area (Å²) in [6.45, 7) is 4.79. The average Bonchev–Trinajstić information content (AvgIpc) is 3.30. The van der Waals surface area contributed by atoms with Crippen LogP contribution in [0, 0.1) is 0 Å². The van der Waals surface area contributed by atoms with Crippen LogP contribution >= 0.6 is 0 Å². The zero-order valence-electron chi connectivity index (χ0n) is 40.7. The summed E-state index contributed by atoms with van der Waals surface area (Å²) in [4.78, 5) is 70.2. The van der Waals surface area contributed by atoms with Gasteiger partial charge in [0, 0.05) is 71.7 Å². The van der Waals surface area contributed by atoms with E-state index in [1.807, 2.05) is 66.2 Å². The number of likely N-dealkylation sites (N-methyl/N-ethyl adjacent to an activating group) is 1. The number of carbonyl (C=O) groups is 5. The third kappa shape index (κ3) is 25.8. The van der Waals surface area contributed by atoms with Crippen LogP contribution in [0.3, 0.4) is 0 Å². The van der Waals surface area contributed by atoms with E-state index in [0.29, 0.717) is 68.5 Å². The maximum Gasteiger partial charge on any atom is 0.488 e. The second-order valence-electron chi connectivity index (χ2n) is 17.1. The molecule has 0 amide bonds. The summed E-state index contributed by atoms with van der Waals surface area (Å²) >= 11 is 0. The highest BCUT2D eigenvalue weighted by molar-refractivity contribution is 6.60. The minimum Gasteiger partial charge on any atom is -0.480 e. The number of benzene rings is 3. The van der Waals surface area contributed by atoms with Crippen molar-refractivity contribution < 1.29 is 68.7 Å². The second kappa shape index (κ2) is 35.2. The van der Waals surface area contributed by atoms with Crippen LogP contribution in [-0.2, 0) is 53.1 Å². The molecule has 0 atom stereocenters. The molecule has 384 valence electrons. The van der Waals surface area contributed by atoms with Crippen LogP contribution in [0.25, 0.3) is 0 Å². The molecule has 24 heteroatoms. The first-order valence-corrected chi connectivity index (χ1v) is 23.1. The molecule has 0 fully saturated rings. The van der Waals surface area contributed by atoms with Crippen LogP contribution in [0.5, 0.6) is 0 Å². The quantitative estimate of drug-likeness (QED) is 0.0157. The number of carboxylic acids is 1. The van der Waals surface area contributed by atoms with Gasteiger partial charge in [0.1, 0.15) is 25.0 Å². The smallest absolute Gasteiger partial charge is 0.480 e. The molecule has 0 aliphatic heterocycles. The monoisotopic (exact) mass is 980 g/mol. The zero-order chi connectivity index (χ0) is 51.8. The van der Waals surface area contributed by atoms with Crippen LogP contribution < -0.4 is 22.1 Å². The van der Waals surface area contributed by atoms with Gasteiger partial charge in [-0.3, -0.25) is 38.7 Å². The Labute approximate surface area is 412 Å². The van der Waals surface area contributed by atoms with Gasteiger partial charge in [-0.15, -0.1) is 0 Å². The van der Waals surface area contributed by atoms with Crippen molar-refractivity contribution in [1.82, 2.24) is 29.4 Å². The number of nitrogens with two attached hydrogens (primary N) is 1. The summed E-state index contributed by atoms with van der Waals surface area (Å²) in [5.41, 5.74) is 9.28. The normalized spacial score (nSPS) is 11.3. The van der Waals surface area contributed by atoms with Crippen molar-refractivity contribution in [3.8, 4) is 0 Å². The molecule has 0 saturated carbocycles. The van der Waals surface area contributed by atoms with Gasteiger partial charge >= 0.3 is 27.3 Å². The fourth-order valence-electron chi connectivity index (χ4n) is 7.54. The lowest BCUT2D eigenvalue weighted by atomic mass is 9.77. The summed E-state index contributed by atoms with van der Waals surface area (Å²) in [6.07, 6.45) is 1.51. The number of nitrogens with zero attached hydrogens (tertiary/aromatic N) is 6. The SMILES string of the molecule is CN(CCCC(=O)CN(CCN(CCN(CC(=O)O)CC(=O)CCCN(C)Cc1ccccc1B(O)O)COC=O)COC=O)Cc1ccccc1B(O)O.CN(CCN)Cc1ccccc1B(O)O. The summed E-state index contributed by atoms with van der Waals surface area (Å²) in [7, 11) is 1.10. The van der Waals surface area contributed by atoms with Gasteiger partial charge in [0.15, 0.2) is 0 Å². The predicted octanol–water partition coefficient (Wildman–Crippen LogP) is -3.68. The van der Waals surface area contributed by atoms with E-state index in [1.165, 1.54) is 4.90 Å². The van der Waals surface area contributed by atoms with Crippen molar-refractivity contribution in [2.24, 2.45) is 5.73 Å². The Morgan fingerprint density at radius 2 is 0.857 bits per heavy atom. The van der Waals surface area contributed by atoms with Gasteiger partial charge in [-0.2, -0.15) is 0 Å². The molecule has 70 heavy (non-hydrogen) atoms. The van der Waals surface area contributed by atoms with E-state index < -0.39 is 27.3 Å². The highest BCUT2D eigenvalue weighted by Crippen LogP contribution is 2.07. The van der Waals surface area contributed by atoms with E-state index in [1.54, 1.807) is 52.3 Å². The Morgan fingerprint density at radius 3 is 1.23 bits per heavy atom. The largest absolute Gasteiger partial charge is 0.488 e. The standard InChI is InChI=1S/C36H55B2N5O12.C10H17BN2O2/c1-39(21-30-9-3-5-13-34(30)37(50)51)15-7-11-32(46)23-42(25-36(48)49)19-17-41(26-54-28-44)18-20-43(27-55-29-45)24-33(47)12-8-16-40(2)22-31-10-4-6-14-35(31)38(52)53;1-13(7-6-12)8-9-4-2-3-5-10(9)11(14)15/h3-6,9-10,13-14,28-29,50-53H,7-8,11-12,15-27H2,1-2H3,(H,48,49);2-5,14-15H,6-8,12H2,1H3. The molecule has 0 aliphatic rings. The van der Waals surface area contributed by atoms with E-state index in [0.717, 1.165) is 23.2 Å². The van der Waals surface area contributed by atoms with Crippen molar-refractivity contribution >= 4 is 68.2 Å². The minimum atomic E-state index is -1.59. The third-order valence-corrected chi connectivity index (χ3v) is 11.1. The number of ether oxygens (including phenoxy) is 2. The first kappa shape index (κ1) is 61.2. The van der Waals surface area contributed by atoms with Crippen molar-refractivity contribution in [1.29, 1.82) is 0 Å². The zero-order valence-corrected chi connectivity index (χ0v) is 40.7. The molecule has 0 unspecified atom stereocenters. The van der Waals surface area contributed by atoms with Crippen LogP contribution in [-0.4, -0.2) is 223 Å². The van der Waals surface area contributed by atoms with Gasteiger partial charge in [0.05, 0.1) is 19.6 Å². The molecular weight excluding hydrogens is 907 g/mol. The number of aliphatic carboxylic acids is 1. The molecule has 0 aliphatic carbocycles. The van der Waals surface area contributed by atoms with E-state index in [4.69, 9.17) is 25.3 Å². The second-order valence-corrected chi connectivity index (χ2v) is 17.1. The number of Topliss-reactive ketones (excluding diaryl/α,β-unsaturated/α-hetero) is 2.